The number of aromatic nitrogens is 3. The topological polar surface area (TPSA) is 68.8 Å². The first-order valence-electron chi connectivity index (χ1n) is 5.96. The molecule has 0 bridgehead atoms. The van der Waals surface area contributed by atoms with Crippen LogP contribution in [0.5, 0.6) is 0 Å². The van der Waals surface area contributed by atoms with E-state index in [1.54, 1.807) is 24.4 Å². The molecule has 0 saturated heterocycles. The van der Waals surface area contributed by atoms with Crippen molar-refractivity contribution in [2.45, 2.75) is 25.9 Å². The van der Waals surface area contributed by atoms with Crippen molar-refractivity contribution < 1.29 is 0 Å². The fourth-order valence-corrected chi connectivity index (χ4v) is 2.35. The summed E-state index contributed by atoms with van der Waals surface area (Å²) in [6, 6.07) is 4.98. The van der Waals surface area contributed by atoms with Gasteiger partial charge in [0.15, 0.2) is 0 Å². The van der Waals surface area contributed by atoms with Gasteiger partial charge >= 0.3 is 0 Å². The third-order valence-corrected chi connectivity index (χ3v) is 3.39. The van der Waals surface area contributed by atoms with E-state index in [9.17, 15) is 0 Å². The fourth-order valence-electron chi connectivity index (χ4n) is 1.95. The smallest absolute Gasteiger partial charge is 0.0909 e. The average Bonchev–Trinajstić information content (AvgIpc) is 2.83. The van der Waals surface area contributed by atoms with E-state index in [1.807, 2.05) is 4.68 Å². The molecular formula is C12H15Cl2N5. The number of hydrogen-bond acceptors (Lipinski definition) is 4. The molecule has 0 amide bonds. The maximum absolute atomic E-state index is 6.21. The third kappa shape index (κ3) is 3.06. The van der Waals surface area contributed by atoms with Crippen molar-refractivity contribution in [3.8, 4) is 0 Å². The molecule has 1 heterocycles. The van der Waals surface area contributed by atoms with Gasteiger partial charge in [0.1, 0.15) is 0 Å². The predicted octanol–water partition coefficient (Wildman–Crippen LogP) is 2.55. The number of nitrogens with one attached hydrogen (secondary N) is 1. The molecule has 0 spiro atoms. The Kier molecular flexibility index (Phi) is 4.76. The molecule has 1 aromatic carbocycles. The second-order valence-electron chi connectivity index (χ2n) is 4.15. The van der Waals surface area contributed by atoms with Gasteiger partial charge in [-0.1, -0.05) is 35.3 Å². The highest BCUT2D eigenvalue weighted by Crippen LogP contribution is 2.29. The molecule has 0 aliphatic heterocycles. The number of nitrogens with two attached hydrogens (primary N) is 1. The lowest BCUT2D eigenvalue weighted by Crippen LogP contribution is -2.31. The SMILES string of the molecule is CCCn1nncc1C(NN)c1cc(Cl)ccc1Cl. The van der Waals surface area contributed by atoms with E-state index in [1.165, 1.54) is 0 Å². The number of halogens is 2. The summed E-state index contributed by atoms with van der Waals surface area (Å²) in [7, 11) is 0. The zero-order valence-corrected chi connectivity index (χ0v) is 12.0. The number of benzene rings is 1. The molecule has 0 fully saturated rings. The van der Waals surface area contributed by atoms with Gasteiger partial charge in [-0.3, -0.25) is 5.84 Å². The zero-order valence-electron chi connectivity index (χ0n) is 10.5. The van der Waals surface area contributed by atoms with E-state index in [4.69, 9.17) is 29.0 Å². The van der Waals surface area contributed by atoms with Crippen molar-refractivity contribution in [1.29, 1.82) is 0 Å². The van der Waals surface area contributed by atoms with Crippen molar-refractivity contribution in [1.82, 2.24) is 20.4 Å². The minimum Gasteiger partial charge on any atom is -0.271 e. The Bertz CT molecular complexity index is 555. The van der Waals surface area contributed by atoms with Gasteiger partial charge in [-0.15, -0.1) is 5.10 Å². The molecule has 19 heavy (non-hydrogen) atoms. The highest BCUT2D eigenvalue weighted by molar-refractivity contribution is 6.33. The molecule has 3 N–H and O–H groups in total. The molecule has 2 aromatic rings. The highest BCUT2D eigenvalue weighted by atomic mass is 35.5. The number of aryl methyl sites for hydroxylation is 1. The van der Waals surface area contributed by atoms with Crippen LogP contribution in [0, 0.1) is 0 Å². The Balaban J connectivity index is 2.44. The van der Waals surface area contributed by atoms with Gasteiger partial charge in [0.25, 0.3) is 0 Å². The lowest BCUT2D eigenvalue weighted by Gasteiger charge is -2.18. The summed E-state index contributed by atoms with van der Waals surface area (Å²) < 4.78 is 1.81. The quantitative estimate of drug-likeness (QED) is 0.657. The Hall–Kier alpha value is -1.14. The van der Waals surface area contributed by atoms with Crippen LogP contribution in [-0.4, -0.2) is 15.0 Å². The molecular weight excluding hydrogens is 285 g/mol. The van der Waals surface area contributed by atoms with Crippen molar-refractivity contribution in [3.05, 3.63) is 45.7 Å². The van der Waals surface area contributed by atoms with Gasteiger partial charge in [0.05, 0.1) is 17.9 Å². The fraction of sp³-hybridized carbons (Fsp3) is 0.333. The number of nitrogens with zero attached hydrogens (tertiary/aromatic N) is 3. The first-order valence-corrected chi connectivity index (χ1v) is 6.72. The van der Waals surface area contributed by atoms with Crippen LogP contribution in [0.2, 0.25) is 10.0 Å². The lowest BCUT2D eigenvalue weighted by molar-refractivity contribution is 0.512. The van der Waals surface area contributed by atoms with Crippen LogP contribution in [0.15, 0.2) is 24.4 Å². The molecule has 1 aromatic heterocycles. The molecule has 7 heteroatoms. The number of hydrogen-bond donors (Lipinski definition) is 2. The van der Waals surface area contributed by atoms with Crippen LogP contribution < -0.4 is 11.3 Å². The largest absolute Gasteiger partial charge is 0.271 e. The van der Waals surface area contributed by atoms with Crippen LogP contribution in [0.1, 0.15) is 30.6 Å². The van der Waals surface area contributed by atoms with Crippen LogP contribution in [0.4, 0.5) is 0 Å². The molecule has 0 saturated carbocycles. The van der Waals surface area contributed by atoms with E-state index < -0.39 is 0 Å². The minimum absolute atomic E-state index is 0.298. The summed E-state index contributed by atoms with van der Waals surface area (Å²) in [4.78, 5) is 0. The van der Waals surface area contributed by atoms with Gasteiger partial charge in [-0.2, -0.15) is 0 Å². The summed E-state index contributed by atoms with van der Waals surface area (Å²) >= 11 is 12.2. The second kappa shape index (κ2) is 6.34. The van der Waals surface area contributed by atoms with Gasteiger partial charge in [-0.05, 0) is 30.2 Å². The van der Waals surface area contributed by atoms with Gasteiger partial charge in [0.2, 0.25) is 0 Å². The van der Waals surface area contributed by atoms with Crippen molar-refractivity contribution >= 4 is 23.2 Å². The average molecular weight is 300 g/mol. The van der Waals surface area contributed by atoms with E-state index in [-0.39, 0.29) is 6.04 Å². The molecule has 1 unspecified atom stereocenters. The standard InChI is InChI=1S/C12H15Cl2N5/c1-2-5-19-11(7-16-18-19)12(17-15)9-6-8(13)3-4-10(9)14/h3-4,6-7,12,17H,2,5,15H2,1H3. The molecule has 2 rings (SSSR count). The van der Waals surface area contributed by atoms with Gasteiger partial charge < -0.3 is 0 Å². The van der Waals surface area contributed by atoms with E-state index in [0.717, 1.165) is 24.2 Å². The molecule has 5 nitrogen and oxygen atoms in total. The maximum Gasteiger partial charge on any atom is 0.0909 e. The molecule has 0 radical (unpaired) electrons. The van der Waals surface area contributed by atoms with Crippen LogP contribution >= 0.6 is 23.2 Å². The number of rotatable bonds is 5. The van der Waals surface area contributed by atoms with Crippen molar-refractivity contribution in [2.75, 3.05) is 0 Å². The highest BCUT2D eigenvalue weighted by Gasteiger charge is 2.20. The maximum atomic E-state index is 6.21. The zero-order chi connectivity index (χ0) is 13.8. The Labute approximate surface area is 121 Å². The Morgan fingerprint density at radius 2 is 2.21 bits per heavy atom. The van der Waals surface area contributed by atoms with E-state index >= 15 is 0 Å². The Morgan fingerprint density at radius 3 is 2.89 bits per heavy atom. The Morgan fingerprint density at radius 1 is 1.42 bits per heavy atom. The van der Waals surface area contributed by atoms with E-state index in [0.29, 0.717) is 10.0 Å². The minimum atomic E-state index is -0.298. The molecule has 0 aliphatic rings. The molecule has 102 valence electrons. The first-order chi connectivity index (χ1) is 9.17. The molecule has 1 atom stereocenters. The van der Waals surface area contributed by atoms with Crippen molar-refractivity contribution in [3.63, 3.8) is 0 Å². The first kappa shape index (κ1) is 14.3. The van der Waals surface area contributed by atoms with E-state index in [2.05, 4.69) is 22.7 Å². The summed E-state index contributed by atoms with van der Waals surface area (Å²) in [5.41, 5.74) is 4.40. The van der Waals surface area contributed by atoms with Crippen LogP contribution in [0.25, 0.3) is 0 Å². The lowest BCUT2D eigenvalue weighted by atomic mass is 10.0. The summed E-state index contributed by atoms with van der Waals surface area (Å²) in [6.07, 6.45) is 2.63. The summed E-state index contributed by atoms with van der Waals surface area (Å²) in [6.45, 7) is 2.84. The molecule has 0 aliphatic carbocycles. The summed E-state index contributed by atoms with van der Waals surface area (Å²) in [5, 5.41) is 9.18. The number of hydrazine groups is 1. The van der Waals surface area contributed by atoms with Crippen LogP contribution in [0.3, 0.4) is 0 Å². The van der Waals surface area contributed by atoms with Crippen molar-refractivity contribution in [2.24, 2.45) is 5.84 Å². The van der Waals surface area contributed by atoms with Gasteiger partial charge in [-0.25, -0.2) is 10.1 Å². The second-order valence-corrected chi connectivity index (χ2v) is 4.99. The summed E-state index contributed by atoms with van der Waals surface area (Å²) in [5.74, 6) is 5.66. The van der Waals surface area contributed by atoms with Crippen LogP contribution in [-0.2, 0) is 6.54 Å². The normalized spacial score (nSPS) is 12.6. The third-order valence-electron chi connectivity index (χ3n) is 2.81. The van der Waals surface area contributed by atoms with Gasteiger partial charge in [0, 0.05) is 16.6 Å². The predicted molar refractivity (Wildman–Crippen MR) is 75.9 cm³/mol. The monoisotopic (exact) mass is 299 g/mol.